The minimum Gasteiger partial charge on any atom is -0.334 e. The average molecular weight is 310 g/mol. The number of hydrogen-bond donors (Lipinski definition) is 0. The first-order valence-electron chi connectivity index (χ1n) is 6.20. The van der Waals surface area contributed by atoms with E-state index in [-0.39, 0.29) is 23.6 Å². The minimum atomic E-state index is -2.74. The summed E-state index contributed by atoms with van der Waals surface area (Å²) in [6.45, 7) is -2.84. The van der Waals surface area contributed by atoms with Gasteiger partial charge in [0.1, 0.15) is 5.82 Å². The molecule has 9 heteroatoms. The molecule has 0 saturated heterocycles. The number of imidazole rings is 1. The minimum absolute atomic E-state index is 0.0489. The molecular formula is C13H12F2N4O3. The molecule has 2 aromatic rings. The van der Waals surface area contributed by atoms with E-state index < -0.39 is 17.4 Å². The molecule has 1 aromatic carbocycles. The van der Waals surface area contributed by atoms with E-state index in [0.717, 1.165) is 6.20 Å². The molecule has 0 bridgehead atoms. The number of benzene rings is 1. The largest absolute Gasteiger partial charge is 0.334 e. The molecule has 2 rings (SSSR count). The lowest BCUT2D eigenvalue weighted by atomic mass is 10.2. The van der Waals surface area contributed by atoms with E-state index in [1.165, 1.54) is 42.4 Å². The molecule has 0 unspecified atom stereocenters. The Hall–Kier alpha value is -2.84. The molecule has 1 amide bonds. The molecule has 0 spiro atoms. The van der Waals surface area contributed by atoms with Gasteiger partial charge < -0.3 is 4.90 Å². The van der Waals surface area contributed by atoms with Crippen molar-refractivity contribution in [3.8, 4) is 0 Å². The van der Waals surface area contributed by atoms with Gasteiger partial charge in [-0.15, -0.1) is 0 Å². The van der Waals surface area contributed by atoms with Crippen LogP contribution in [0.15, 0.2) is 36.7 Å². The van der Waals surface area contributed by atoms with E-state index >= 15 is 0 Å². The van der Waals surface area contributed by atoms with Gasteiger partial charge in [0, 0.05) is 37.1 Å². The zero-order chi connectivity index (χ0) is 16.3. The Balaban J connectivity index is 2.11. The maximum atomic E-state index is 12.7. The average Bonchev–Trinajstić information content (AvgIpc) is 2.94. The fraction of sp³-hybridized carbons (Fsp3) is 0.231. The number of nitrogens with zero attached hydrogens (tertiary/aromatic N) is 4. The Morgan fingerprint density at radius 3 is 2.59 bits per heavy atom. The third kappa shape index (κ3) is 3.25. The fourth-order valence-corrected chi connectivity index (χ4v) is 1.87. The molecule has 0 saturated carbocycles. The van der Waals surface area contributed by atoms with Crippen molar-refractivity contribution in [2.45, 2.75) is 13.1 Å². The van der Waals surface area contributed by atoms with Crippen molar-refractivity contribution >= 4 is 11.6 Å². The van der Waals surface area contributed by atoms with Crippen LogP contribution in [0.4, 0.5) is 14.5 Å². The van der Waals surface area contributed by atoms with Crippen LogP contribution in [-0.2, 0) is 6.54 Å². The highest BCUT2D eigenvalue weighted by atomic mass is 19.3. The highest BCUT2D eigenvalue weighted by Gasteiger charge is 2.18. The Bertz CT molecular complexity index is 685. The highest BCUT2D eigenvalue weighted by molar-refractivity contribution is 5.94. The monoisotopic (exact) mass is 310 g/mol. The third-order valence-electron chi connectivity index (χ3n) is 3.01. The second-order valence-corrected chi connectivity index (χ2v) is 4.49. The van der Waals surface area contributed by atoms with Gasteiger partial charge in [-0.3, -0.25) is 19.5 Å². The number of halogens is 2. The molecule has 0 aliphatic heterocycles. The maximum Gasteiger partial charge on any atom is 0.319 e. The molecule has 0 radical (unpaired) electrons. The second-order valence-electron chi connectivity index (χ2n) is 4.49. The molecule has 22 heavy (non-hydrogen) atoms. The summed E-state index contributed by atoms with van der Waals surface area (Å²) in [5.74, 6) is -0.397. The number of carbonyl (C=O) groups excluding carboxylic acids is 1. The standard InChI is InChI=1S/C13H12F2N4O3/c1-17(8-11-16-6-7-18(11)13(14)15)12(20)9-2-4-10(5-3-9)19(21)22/h2-7,13H,8H2,1H3. The van der Waals surface area contributed by atoms with Gasteiger partial charge in [0.05, 0.1) is 11.5 Å². The summed E-state index contributed by atoms with van der Waals surface area (Å²) in [4.78, 5) is 27.2. The van der Waals surface area contributed by atoms with Crippen molar-refractivity contribution in [1.82, 2.24) is 14.5 Å². The third-order valence-corrected chi connectivity index (χ3v) is 3.01. The van der Waals surface area contributed by atoms with E-state index in [2.05, 4.69) is 4.98 Å². The van der Waals surface area contributed by atoms with Crippen molar-refractivity contribution in [3.05, 3.63) is 58.2 Å². The van der Waals surface area contributed by atoms with Crippen LogP contribution in [0.1, 0.15) is 22.7 Å². The number of nitro benzene ring substituents is 1. The number of rotatable bonds is 5. The molecule has 0 atom stereocenters. The van der Waals surface area contributed by atoms with Gasteiger partial charge in [-0.05, 0) is 12.1 Å². The predicted octanol–water partition coefficient (Wildman–Crippen LogP) is 2.46. The molecule has 1 heterocycles. The van der Waals surface area contributed by atoms with Crippen molar-refractivity contribution in [2.24, 2.45) is 0 Å². The van der Waals surface area contributed by atoms with Crippen molar-refractivity contribution < 1.29 is 18.5 Å². The molecule has 7 nitrogen and oxygen atoms in total. The Kier molecular flexibility index (Phi) is 4.44. The zero-order valence-electron chi connectivity index (χ0n) is 11.5. The lowest BCUT2D eigenvalue weighted by Gasteiger charge is -2.17. The number of aromatic nitrogens is 2. The van der Waals surface area contributed by atoms with Gasteiger partial charge in [0.15, 0.2) is 0 Å². The molecule has 0 N–H and O–H groups in total. The smallest absolute Gasteiger partial charge is 0.319 e. The van der Waals surface area contributed by atoms with Crippen molar-refractivity contribution in [2.75, 3.05) is 7.05 Å². The summed E-state index contributed by atoms with van der Waals surface area (Å²) in [7, 11) is 1.44. The molecule has 116 valence electrons. The molecule has 0 aliphatic carbocycles. The number of hydrogen-bond acceptors (Lipinski definition) is 4. The maximum absolute atomic E-state index is 12.7. The molecular weight excluding hydrogens is 298 g/mol. The van der Waals surface area contributed by atoms with Crippen molar-refractivity contribution in [1.29, 1.82) is 0 Å². The highest BCUT2D eigenvalue weighted by Crippen LogP contribution is 2.16. The topological polar surface area (TPSA) is 81.3 Å². The first kappa shape index (κ1) is 15.5. The van der Waals surface area contributed by atoms with Gasteiger partial charge in [-0.25, -0.2) is 4.98 Å². The fourth-order valence-electron chi connectivity index (χ4n) is 1.87. The van der Waals surface area contributed by atoms with Gasteiger partial charge in [0.25, 0.3) is 11.6 Å². The second kappa shape index (κ2) is 6.29. The van der Waals surface area contributed by atoms with Crippen LogP contribution in [0.3, 0.4) is 0 Å². The van der Waals surface area contributed by atoms with Crippen molar-refractivity contribution in [3.63, 3.8) is 0 Å². The number of non-ortho nitro benzene ring substituents is 1. The summed E-state index contributed by atoms with van der Waals surface area (Å²) in [6.07, 6.45) is 2.36. The lowest BCUT2D eigenvalue weighted by Crippen LogP contribution is -2.27. The quantitative estimate of drug-likeness (QED) is 0.627. The Morgan fingerprint density at radius 1 is 1.41 bits per heavy atom. The predicted molar refractivity (Wildman–Crippen MR) is 72.4 cm³/mol. The van der Waals surface area contributed by atoms with Crippen LogP contribution in [0.25, 0.3) is 0 Å². The van der Waals surface area contributed by atoms with E-state index in [9.17, 15) is 23.7 Å². The van der Waals surface area contributed by atoms with Crippen LogP contribution in [0.5, 0.6) is 0 Å². The Labute approximate surface area is 123 Å². The van der Waals surface area contributed by atoms with E-state index in [4.69, 9.17) is 0 Å². The number of nitro groups is 1. The van der Waals surface area contributed by atoms with E-state index in [0.29, 0.717) is 4.57 Å². The molecule has 1 aromatic heterocycles. The van der Waals surface area contributed by atoms with Crippen LogP contribution < -0.4 is 0 Å². The number of alkyl halides is 2. The van der Waals surface area contributed by atoms with Crippen LogP contribution in [0, 0.1) is 10.1 Å². The number of amides is 1. The summed E-state index contributed by atoms with van der Waals surface area (Å²) in [5, 5.41) is 10.6. The zero-order valence-corrected chi connectivity index (χ0v) is 11.5. The number of carbonyl (C=O) groups is 1. The lowest BCUT2D eigenvalue weighted by molar-refractivity contribution is -0.384. The van der Waals surface area contributed by atoms with Gasteiger partial charge in [-0.2, -0.15) is 8.78 Å². The van der Waals surface area contributed by atoms with Gasteiger partial charge >= 0.3 is 6.55 Å². The van der Waals surface area contributed by atoms with E-state index in [1.807, 2.05) is 0 Å². The van der Waals surface area contributed by atoms with Crippen LogP contribution in [-0.4, -0.2) is 32.3 Å². The van der Waals surface area contributed by atoms with E-state index in [1.54, 1.807) is 0 Å². The van der Waals surface area contributed by atoms with Crippen LogP contribution >= 0.6 is 0 Å². The van der Waals surface area contributed by atoms with Crippen LogP contribution in [0.2, 0.25) is 0 Å². The normalized spacial score (nSPS) is 10.7. The summed E-state index contributed by atoms with van der Waals surface area (Å²) >= 11 is 0. The molecule has 0 aliphatic rings. The SMILES string of the molecule is CN(Cc1nccn1C(F)F)C(=O)c1ccc([N+](=O)[O-])cc1. The Morgan fingerprint density at radius 2 is 2.05 bits per heavy atom. The summed E-state index contributed by atoms with van der Waals surface area (Å²) in [5.41, 5.74) is 0.0932. The van der Waals surface area contributed by atoms with Gasteiger partial charge in [0.2, 0.25) is 0 Å². The van der Waals surface area contributed by atoms with Gasteiger partial charge in [-0.1, -0.05) is 0 Å². The summed E-state index contributed by atoms with van der Waals surface area (Å²) < 4.78 is 26.1. The summed E-state index contributed by atoms with van der Waals surface area (Å²) in [6, 6.07) is 5.05. The first-order chi connectivity index (χ1) is 10.4. The first-order valence-corrected chi connectivity index (χ1v) is 6.20. The molecule has 0 fully saturated rings.